The number of nitrogens with two attached hydrogens (primary N) is 1. The zero-order valence-electron chi connectivity index (χ0n) is 9.22. The van der Waals surface area contributed by atoms with Crippen molar-refractivity contribution in [1.29, 1.82) is 0 Å². The average Bonchev–Trinajstić information content (AvgIpc) is 2.89. The number of carbonyl (C=O) groups is 1. The minimum atomic E-state index is -0.142. The lowest BCUT2D eigenvalue weighted by Crippen LogP contribution is -2.22. The average molecular weight is 231 g/mol. The smallest absolute Gasteiger partial charge is 0.251 e. The minimum Gasteiger partial charge on any atom is -0.364 e. The van der Waals surface area contributed by atoms with Crippen LogP contribution in [-0.4, -0.2) is 11.1 Å². The van der Waals surface area contributed by atoms with Crippen LogP contribution in [-0.2, 0) is 13.1 Å². The molecule has 2 aromatic rings. The number of aromatic nitrogens is 1. The van der Waals surface area contributed by atoms with Crippen LogP contribution in [0.2, 0.25) is 0 Å². The van der Waals surface area contributed by atoms with Crippen molar-refractivity contribution in [3.05, 3.63) is 53.4 Å². The summed E-state index contributed by atoms with van der Waals surface area (Å²) in [5, 5.41) is 6.45. The number of benzene rings is 1. The Kier molecular flexibility index (Phi) is 3.52. The summed E-state index contributed by atoms with van der Waals surface area (Å²) in [6.07, 6.45) is 1.47. The monoisotopic (exact) mass is 231 g/mol. The van der Waals surface area contributed by atoms with Gasteiger partial charge in [-0.3, -0.25) is 4.79 Å². The number of nitrogens with one attached hydrogen (secondary N) is 1. The maximum absolute atomic E-state index is 11.7. The molecule has 0 aliphatic rings. The van der Waals surface area contributed by atoms with Gasteiger partial charge in [-0.2, -0.15) is 0 Å². The summed E-state index contributed by atoms with van der Waals surface area (Å²) in [6.45, 7) is 0.828. The number of hydrogen-bond acceptors (Lipinski definition) is 4. The van der Waals surface area contributed by atoms with E-state index in [2.05, 4.69) is 15.0 Å². The molecule has 2 rings (SSSR count). The van der Waals surface area contributed by atoms with Gasteiger partial charge >= 0.3 is 0 Å². The van der Waals surface area contributed by atoms with E-state index in [0.29, 0.717) is 24.3 Å². The normalized spacial score (nSPS) is 10.2. The largest absolute Gasteiger partial charge is 0.364 e. The highest BCUT2D eigenvalue weighted by molar-refractivity contribution is 5.94. The Morgan fingerprint density at radius 3 is 2.65 bits per heavy atom. The van der Waals surface area contributed by atoms with E-state index in [1.165, 1.54) is 6.26 Å². The molecule has 1 aromatic carbocycles. The summed E-state index contributed by atoms with van der Waals surface area (Å²) >= 11 is 0. The van der Waals surface area contributed by atoms with Crippen LogP contribution < -0.4 is 11.1 Å². The number of amides is 1. The molecule has 0 aliphatic heterocycles. The molecule has 5 nitrogen and oxygen atoms in total. The van der Waals surface area contributed by atoms with Gasteiger partial charge in [-0.25, -0.2) is 0 Å². The molecule has 0 bridgehead atoms. The fourth-order valence-electron chi connectivity index (χ4n) is 1.39. The molecule has 17 heavy (non-hydrogen) atoms. The first kappa shape index (κ1) is 11.3. The molecule has 0 saturated heterocycles. The molecule has 3 N–H and O–H groups in total. The predicted octanol–water partition coefficient (Wildman–Crippen LogP) is 1.06. The second kappa shape index (κ2) is 5.27. The Bertz CT molecular complexity index is 477. The Morgan fingerprint density at radius 1 is 1.29 bits per heavy atom. The van der Waals surface area contributed by atoms with Crippen molar-refractivity contribution in [1.82, 2.24) is 10.5 Å². The van der Waals surface area contributed by atoms with Gasteiger partial charge in [-0.15, -0.1) is 0 Å². The van der Waals surface area contributed by atoms with E-state index in [1.807, 2.05) is 12.1 Å². The summed E-state index contributed by atoms with van der Waals surface area (Å²) < 4.78 is 4.67. The van der Waals surface area contributed by atoms with Gasteiger partial charge in [0, 0.05) is 18.2 Å². The first-order valence-corrected chi connectivity index (χ1v) is 5.26. The Morgan fingerprint density at radius 2 is 2.06 bits per heavy atom. The standard InChI is InChI=1S/C12H13N3O2/c13-7-9-1-3-10(4-2-9)12(16)14-8-11-5-6-17-15-11/h1-6H,7-8,13H2,(H,14,16). The molecular formula is C12H13N3O2. The van der Waals surface area contributed by atoms with E-state index >= 15 is 0 Å². The molecule has 0 saturated carbocycles. The summed E-state index contributed by atoms with van der Waals surface area (Å²) in [4.78, 5) is 11.7. The predicted molar refractivity (Wildman–Crippen MR) is 62.0 cm³/mol. The summed E-state index contributed by atoms with van der Waals surface area (Å²) in [5.41, 5.74) is 7.77. The van der Waals surface area contributed by atoms with Gasteiger partial charge in [-0.1, -0.05) is 17.3 Å². The number of rotatable bonds is 4. The third-order valence-electron chi connectivity index (χ3n) is 2.37. The number of carbonyl (C=O) groups excluding carboxylic acids is 1. The Labute approximate surface area is 98.6 Å². The number of nitrogens with zero attached hydrogens (tertiary/aromatic N) is 1. The van der Waals surface area contributed by atoms with Crippen LogP contribution in [0.15, 0.2) is 41.1 Å². The molecule has 1 heterocycles. The molecule has 0 atom stereocenters. The molecule has 1 amide bonds. The molecule has 0 unspecified atom stereocenters. The minimum absolute atomic E-state index is 0.142. The van der Waals surface area contributed by atoms with E-state index in [1.54, 1.807) is 18.2 Å². The first-order chi connectivity index (χ1) is 8.29. The third kappa shape index (κ3) is 2.92. The van der Waals surface area contributed by atoms with E-state index in [-0.39, 0.29) is 5.91 Å². The van der Waals surface area contributed by atoms with Gasteiger partial charge in [0.25, 0.3) is 5.91 Å². The van der Waals surface area contributed by atoms with Crippen LogP contribution in [0.25, 0.3) is 0 Å². The van der Waals surface area contributed by atoms with Crippen LogP contribution in [0.4, 0.5) is 0 Å². The van der Waals surface area contributed by atoms with Gasteiger partial charge in [-0.05, 0) is 17.7 Å². The molecular weight excluding hydrogens is 218 g/mol. The molecule has 0 spiro atoms. The molecule has 5 heteroatoms. The SMILES string of the molecule is NCc1ccc(C(=O)NCc2ccon2)cc1. The number of hydrogen-bond donors (Lipinski definition) is 2. The lowest BCUT2D eigenvalue weighted by molar-refractivity contribution is 0.0950. The first-order valence-electron chi connectivity index (χ1n) is 5.26. The highest BCUT2D eigenvalue weighted by atomic mass is 16.5. The van der Waals surface area contributed by atoms with Crippen LogP contribution in [0, 0.1) is 0 Å². The molecule has 0 fully saturated rings. The van der Waals surface area contributed by atoms with Crippen molar-refractivity contribution in [2.24, 2.45) is 5.73 Å². The molecule has 88 valence electrons. The van der Waals surface area contributed by atoms with Gasteiger partial charge in [0.1, 0.15) is 12.0 Å². The summed E-state index contributed by atoms with van der Waals surface area (Å²) in [5.74, 6) is -0.142. The van der Waals surface area contributed by atoms with Crippen molar-refractivity contribution < 1.29 is 9.32 Å². The van der Waals surface area contributed by atoms with E-state index in [9.17, 15) is 4.79 Å². The van der Waals surface area contributed by atoms with Gasteiger partial charge in [0.2, 0.25) is 0 Å². The van der Waals surface area contributed by atoms with Crippen LogP contribution >= 0.6 is 0 Å². The van der Waals surface area contributed by atoms with Gasteiger partial charge < -0.3 is 15.6 Å². The van der Waals surface area contributed by atoms with E-state index in [4.69, 9.17) is 5.73 Å². The maximum atomic E-state index is 11.7. The second-order valence-electron chi connectivity index (χ2n) is 3.57. The zero-order valence-corrected chi connectivity index (χ0v) is 9.22. The van der Waals surface area contributed by atoms with Crippen LogP contribution in [0.3, 0.4) is 0 Å². The third-order valence-corrected chi connectivity index (χ3v) is 2.37. The van der Waals surface area contributed by atoms with E-state index < -0.39 is 0 Å². The van der Waals surface area contributed by atoms with Crippen LogP contribution in [0.5, 0.6) is 0 Å². The maximum Gasteiger partial charge on any atom is 0.251 e. The Balaban J connectivity index is 1.95. The van der Waals surface area contributed by atoms with Crippen molar-refractivity contribution in [2.45, 2.75) is 13.1 Å². The second-order valence-corrected chi connectivity index (χ2v) is 3.57. The van der Waals surface area contributed by atoms with Crippen molar-refractivity contribution >= 4 is 5.91 Å². The molecule has 0 aliphatic carbocycles. The van der Waals surface area contributed by atoms with Crippen molar-refractivity contribution in [3.8, 4) is 0 Å². The lowest BCUT2D eigenvalue weighted by atomic mass is 10.1. The quantitative estimate of drug-likeness (QED) is 0.824. The van der Waals surface area contributed by atoms with Gasteiger partial charge in [0.05, 0.1) is 6.54 Å². The van der Waals surface area contributed by atoms with Gasteiger partial charge in [0.15, 0.2) is 0 Å². The van der Waals surface area contributed by atoms with Crippen molar-refractivity contribution in [2.75, 3.05) is 0 Å². The Hall–Kier alpha value is -2.14. The highest BCUT2D eigenvalue weighted by Gasteiger charge is 2.05. The highest BCUT2D eigenvalue weighted by Crippen LogP contribution is 2.04. The van der Waals surface area contributed by atoms with E-state index in [0.717, 1.165) is 5.56 Å². The van der Waals surface area contributed by atoms with Crippen LogP contribution in [0.1, 0.15) is 21.6 Å². The summed E-state index contributed by atoms with van der Waals surface area (Å²) in [6, 6.07) is 8.88. The summed E-state index contributed by atoms with van der Waals surface area (Å²) in [7, 11) is 0. The van der Waals surface area contributed by atoms with Crippen molar-refractivity contribution in [3.63, 3.8) is 0 Å². The fourth-order valence-corrected chi connectivity index (χ4v) is 1.39. The molecule has 0 radical (unpaired) electrons. The lowest BCUT2D eigenvalue weighted by Gasteiger charge is -2.03. The fraction of sp³-hybridized carbons (Fsp3) is 0.167. The topological polar surface area (TPSA) is 81.2 Å². The molecule has 1 aromatic heterocycles. The zero-order chi connectivity index (χ0) is 12.1.